The van der Waals surface area contributed by atoms with Crippen LogP contribution in [-0.4, -0.2) is 12.1 Å². The molecule has 1 spiro atoms. The Hall–Kier alpha value is -0.530. The van der Waals surface area contributed by atoms with Crippen molar-refractivity contribution in [3.63, 3.8) is 0 Å². The molecule has 0 radical (unpaired) electrons. The number of nitrogens with one attached hydrogen (secondary N) is 1. The van der Waals surface area contributed by atoms with Gasteiger partial charge in [-0.05, 0) is 49.8 Å². The lowest BCUT2D eigenvalue weighted by atomic mass is 9.75. The fraction of sp³-hybridized carbons (Fsp3) is 0.600. The minimum atomic E-state index is 0. The van der Waals surface area contributed by atoms with Crippen LogP contribution in [0.1, 0.15) is 43.2 Å². The standard InChI is InChI=1S/C15H21N.ClH/c1-4-9-15(16-11-5-1)10-8-13-6-2-3-7-14(13)12-15;/h2-3,6-7,16H,1,4-5,8-12H2;1H. The van der Waals surface area contributed by atoms with E-state index < -0.39 is 0 Å². The number of hydrogen-bond donors (Lipinski definition) is 1. The summed E-state index contributed by atoms with van der Waals surface area (Å²) in [6.07, 6.45) is 9.42. The first-order valence-corrected chi connectivity index (χ1v) is 6.70. The van der Waals surface area contributed by atoms with Gasteiger partial charge in [-0.2, -0.15) is 0 Å². The number of hydrogen-bond acceptors (Lipinski definition) is 1. The first kappa shape index (κ1) is 12.9. The third-order valence-electron chi connectivity index (χ3n) is 4.35. The van der Waals surface area contributed by atoms with Gasteiger partial charge in [0, 0.05) is 5.54 Å². The van der Waals surface area contributed by atoms with Crippen LogP contribution in [0.25, 0.3) is 0 Å². The lowest BCUT2D eigenvalue weighted by Crippen LogP contribution is -2.48. The molecule has 1 fully saturated rings. The predicted molar refractivity (Wildman–Crippen MR) is 74.9 cm³/mol. The number of fused-ring (bicyclic) bond motifs is 1. The monoisotopic (exact) mass is 251 g/mol. The molecule has 2 heteroatoms. The quantitative estimate of drug-likeness (QED) is 0.744. The summed E-state index contributed by atoms with van der Waals surface area (Å²) in [5, 5.41) is 3.84. The Kier molecular flexibility index (Phi) is 4.11. The van der Waals surface area contributed by atoms with E-state index >= 15 is 0 Å². The summed E-state index contributed by atoms with van der Waals surface area (Å²) in [7, 11) is 0. The molecular formula is C15H22ClN. The van der Waals surface area contributed by atoms with Gasteiger partial charge in [-0.25, -0.2) is 0 Å². The molecule has 0 aromatic heterocycles. The Morgan fingerprint density at radius 2 is 1.76 bits per heavy atom. The third-order valence-corrected chi connectivity index (χ3v) is 4.35. The summed E-state index contributed by atoms with van der Waals surface area (Å²) in [5.74, 6) is 0. The molecule has 0 bridgehead atoms. The minimum absolute atomic E-state index is 0. The van der Waals surface area contributed by atoms with Crippen molar-refractivity contribution in [2.45, 2.75) is 50.5 Å². The fourth-order valence-electron chi connectivity index (χ4n) is 3.37. The summed E-state index contributed by atoms with van der Waals surface area (Å²) >= 11 is 0. The van der Waals surface area contributed by atoms with Gasteiger partial charge in [0.15, 0.2) is 0 Å². The first-order valence-electron chi connectivity index (χ1n) is 6.70. The van der Waals surface area contributed by atoms with Crippen LogP contribution in [0.2, 0.25) is 0 Å². The van der Waals surface area contributed by atoms with Crippen LogP contribution in [-0.2, 0) is 12.8 Å². The lowest BCUT2D eigenvalue weighted by Gasteiger charge is -2.38. The lowest BCUT2D eigenvalue weighted by molar-refractivity contribution is 0.278. The zero-order valence-corrected chi connectivity index (χ0v) is 11.2. The molecule has 0 amide bonds. The molecule has 1 heterocycles. The largest absolute Gasteiger partial charge is 0.311 e. The van der Waals surface area contributed by atoms with E-state index in [1.165, 1.54) is 51.5 Å². The summed E-state index contributed by atoms with van der Waals surface area (Å²) in [4.78, 5) is 0. The predicted octanol–water partition coefficient (Wildman–Crippen LogP) is 3.50. The van der Waals surface area contributed by atoms with Crippen LogP contribution in [0.3, 0.4) is 0 Å². The molecule has 1 aliphatic heterocycles. The van der Waals surface area contributed by atoms with Crippen LogP contribution in [0.15, 0.2) is 24.3 Å². The summed E-state index contributed by atoms with van der Waals surface area (Å²) in [6, 6.07) is 8.99. The molecule has 1 nitrogen and oxygen atoms in total. The van der Waals surface area contributed by atoms with E-state index in [9.17, 15) is 0 Å². The van der Waals surface area contributed by atoms with Gasteiger partial charge in [-0.3, -0.25) is 0 Å². The van der Waals surface area contributed by atoms with E-state index in [1.54, 1.807) is 11.1 Å². The average molecular weight is 252 g/mol. The average Bonchev–Trinajstić information content (AvgIpc) is 2.55. The van der Waals surface area contributed by atoms with E-state index in [1.807, 2.05) is 0 Å². The molecule has 1 saturated heterocycles. The number of aryl methyl sites for hydroxylation is 1. The maximum absolute atomic E-state index is 3.84. The van der Waals surface area contributed by atoms with Gasteiger partial charge < -0.3 is 5.32 Å². The normalized spacial score (nSPS) is 28.0. The molecule has 1 N–H and O–H groups in total. The van der Waals surface area contributed by atoms with Crippen molar-refractivity contribution in [2.24, 2.45) is 0 Å². The van der Waals surface area contributed by atoms with Gasteiger partial charge in [0.25, 0.3) is 0 Å². The van der Waals surface area contributed by atoms with Crippen molar-refractivity contribution < 1.29 is 0 Å². The molecule has 0 saturated carbocycles. The van der Waals surface area contributed by atoms with Gasteiger partial charge in [0.05, 0.1) is 0 Å². The maximum Gasteiger partial charge on any atom is 0.0225 e. The molecule has 94 valence electrons. The van der Waals surface area contributed by atoms with Crippen molar-refractivity contribution >= 4 is 12.4 Å². The highest BCUT2D eigenvalue weighted by Crippen LogP contribution is 2.33. The minimum Gasteiger partial charge on any atom is -0.311 e. The second kappa shape index (κ2) is 5.41. The Bertz CT molecular complexity index is 367. The Morgan fingerprint density at radius 3 is 2.65 bits per heavy atom. The molecule has 2 aliphatic rings. The van der Waals surface area contributed by atoms with E-state index in [4.69, 9.17) is 0 Å². The van der Waals surface area contributed by atoms with Gasteiger partial charge in [0.2, 0.25) is 0 Å². The molecule has 1 unspecified atom stereocenters. The highest BCUT2D eigenvalue weighted by atomic mass is 35.5. The SMILES string of the molecule is Cl.c1ccc2c(c1)CCC1(CCCCCN1)C2. The third kappa shape index (κ3) is 2.66. The summed E-state index contributed by atoms with van der Waals surface area (Å²) in [6.45, 7) is 1.22. The number of rotatable bonds is 0. The van der Waals surface area contributed by atoms with Crippen LogP contribution in [0.5, 0.6) is 0 Å². The molecule has 3 rings (SSSR count). The van der Waals surface area contributed by atoms with Gasteiger partial charge in [0.1, 0.15) is 0 Å². The van der Waals surface area contributed by atoms with Crippen LogP contribution in [0, 0.1) is 0 Å². The second-order valence-electron chi connectivity index (χ2n) is 5.46. The van der Waals surface area contributed by atoms with E-state index in [2.05, 4.69) is 29.6 Å². The van der Waals surface area contributed by atoms with Crippen LogP contribution >= 0.6 is 12.4 Å². The molecule has 17 heavy (non-hydrogen) atoms. The highest BCUT2D eigenvalue weighted by molar-refractivity contribution is 5.85. The Balaban J connectivity index is 0.00000108. The van der Waals surface area contributed by atoms with Crippen molar-refractivity contribution in [1.82, 2.24) is 5.32 Å². The van der Waals surface area contributed by atoms with Gasteiger partial charge in [-0.15, -0.1) is 12.4 Å². The summed E-state index contributed by atoms with van der Waals surface area (Å²) < 4.78 is 0. The summed E-state index contributed by atoms with van der Waals surface area (Å²) in [5.41, 5.74) is 3.60. The van der Waals surface area contributed by atoms with E-state index in [0.717, 1.165) is 0 Å². The van der Waals surface area contributed by atoms with Crippen molar-refractivity contribution in [1.29, 1.82) is 0 Å². The van der Waals surface area contributed by atoms with Crippen molar-refractivity contribution in [3.05, 3.63) is 35.4 Å². The van der Waals surface area contributed by atoms with Gasteiger partial charge >= 0.3 is 0 Å². The van der Waals surface area contributed by atoms with Crippen molar-refractivity contribution in [2.75, 3.05) is 6.54 Å². The van der Waals surface area contributed by atoms with E-state index in [0.29, 0.717) is 5.54 Å². The second-order valence-corrected chi connectivity index (χ2v) is 5.46. The van der Waals surface area contributed by atoms with Crippen LogP contribution < -0.4 is 5.32 Å². The van der Waals surface area contributed by atoms with Crippen molar-refractivity contribution in [3.8, 4) is 0 Å². The molecule has 1 aromatic rings. The topological polar surface area (TPSA) is 12.0 Å². The Morgan fingerprint density at radius 1 is 0.941 bits per heavy atom. The molecule has 1 atom stereocenters. The maximum atomic E-state index is 3.84. The highest BCUT2D eigenvalue weighted by Gasteiger charge is 2.33. The zero-order chi connectivity index (χ0) is 10.8. The fourth-order valence-corrected chi connectivity index (χ4v) is 3.37. The smallest absolute Gasteiger partial charge is 0.0225 e. The molecule has 1 aliphatic carbocycles. The number of benzene rings is 1. The first-order chi connectivity index (χ1) is 7.88. The number of halogens is 1. The van der Waals surface area contributed by atoms with Gasteiger partial charge in [-0.1, -0.05) is 37.1 Å². The Labute approximate surface area is 110 Å². The zero-order valence-electron chi connectivity index (χ0n) is 10.4. The molecule has 1 aromatic carbocycles. The molecular weight excluding hydrogens is 230 g/mol. The van der Waals surface area contributed by atoms with E-state index in [-0.39, 0.29) is 12.4 Å². The van der Waals surface area contributed by atoms with Crippen LogP contribution in [0.4, 0.5) is 0 Å².